The number of hydrogen-bond acceptors (Lipinski definition) is 4. The molecule has 0 atom stereocenters. The van der Waals surface area contributed by atoms with E-state index in [0.717, 1.165) is 17.8 Å². The van der Waals surface area contributed by atoms with Crippen molar-refractivity contribution in [2.24, 2.45) is 0 Å². The first-order valence-corrected chi connectivity index (χ1v) is 6.54. The van der Waals surface area contributed by atoms with Crippen LogP contribution in [-0.2, 0) is 11.3 Å². The summed E-state index contributed by atoms with van der Waals surface area (Å²) >= 11 is 0. The third kappa shape index (κ3) is 1.77. The summed E-state index contributed by atoms with van der Waals surface area (Å²) in [5.74, 6) is -0.248. The van der Waals surface area contributed by atoms with Crippen LogP contribution in [0.15, 0.2) is 18.2 Å². The maximum atomic E-state index is 11.7. The van der Waals surface area contributed by atoms with Crippen LogP contribution in [0.3, 0.4) is 0 Å². The predicted molar refractivity (Wildman–Crippen MR) is 69.4 cm³/mol. The second kappa shape index (κ2) is 4.61. The lowest BCUT2D eigenvalue weighted by molar-refractivity contribution is 0.0599. The SMILES string of the molecule is COC(=O)c1cccc2c1CNN2C1CCCC1. The van der Waals surface area contributed by atoms with Gasteiger partial charge in [-0.05, 0) is 25.0 Å². The van der Waals surface area contributed by atoms with Gasteiger partial charge >= 0.3 is 5.97 Å². The van der Waals surface area contributed by atoms with Crippen molar-refractivity contribution in [1.29, 1.82) is 0 Å². The lowest BCUT2D eigenvalue weighted by Crippen LogP contribution is -2.39. The van der Waals surface area contributed by atoms with Gasteiger partial charge in [0, 0.05) is 18.2 Å². The lowest BCUT2D eigenvalue weighted by atomic mass is 10.1. The van der Waals surface area contributed by atoms with E-state index in [2.05, 4.69) is 16.5 Å². The molecule has 0 bridgehead atoms. The first-order valence-electron chi connectivity index (χ1n) is 6.54. The Morgan fingerprint density at radius 3 is 2.89 bits per heavy atom. The van der Waals surface area contributed by atoms with E-state index in [4.69, 9.17) is 4.74 Å². The Morgan fingerprint density at radius 1 is 1.39 bits per heavy atom. The summed E-state index contributed by atoms with van der Waals surface area (Å²) in [6.45, 7) is 0.719. The zero-order chi connectivity index (χ0) is 12.5. The predicted octanol–water partition coefficient (Wildman–Crippen LogP) is 2.24. The highest BCUT2D eigenvalue weighted by Crippen LogP contribution is 2.34. The fraction of sp³-hybridized carbons (Fsp3) is 0.500. The summed E-state index contributed by atoms with van der Waals surface area (Å²) in [6, 6.07) is 6.42. The van der Waals surface area contributed by atoms with Crippen LogP contribution in [0.1, 0.15) is 41.6 Å². The number of rotatable bonds is 2. The Hall–Kier alpha value is -1.55. The van der Waals surface area contributed by atoms with Crippen LogP contribution in [0.2, 0.25) is 0 Å². The van der Waals surface area contributed by atoms with Gasteiger partial charge in [0.05, 0.1) is 18.4 Å². The highest BCUT2D eigenvalue weighted by molar-refractivity contribution is 5.93. The van der Waals surface area contributed by atoms with Gasteiger partial charge in [-0.1, -0.05) is 18.9 Å². The Bertz CT molecular complexity index is 467. The van der Waals surface area contributed by atoms with E-state index >= 15 is 0 Å². The third-order valence-electron chi connectivity index (χ3n) is 3.93. The number of carbonyl (C=O) groups excluding carboxylic acids is 1. The Balaban J connectivity index is 1.94. The molecule has 0 spiro atoms. The fourth-order valence-electron chi connectivity index (χ4n) is 3.02. The van der Waals surface area contributed by atoms with E-state index < -0.39 is 0 Å². The number of ether oxygens (including phenoxy) is 1. The molecule has 0 saturated heterocycles. The molecule has 1 aliphatic heterocycles. The molecule has 0 radical (unpaired) electrons. The van der Waals surface area contributed by atoms with E-state index in [0.29, 0.717) is 11.6 Å². The normalized spacial score (nSPS) is 19.1. The molecule has 96 valence electrons. The highest BCUT2D eigenvalue weighted by atomic mass is 16.5. The Morgan fingerprint density at radius 2 is 2.17 bits per heavy atom. The van der Waals surface area contributed by atoms with E-state index in [1.165, 1.54) is 32.8 Å². The number of anilines is 1. The molecular formula is C14H18N2O2. The quantitative estimate of drug-likeness (QED) is 0.813. The van der Waals surface area contributed by atoms with E-state index in [-0.39, 0.29) is 5.97 Å². The van der Waals surface area contributed by atoms with Crippen LogP contribution in [-0.4, -0.2) is 19.1 Å². The van der Waals surface area contributed by atoms with Crippen LogP contribution in [0.4, 0.5) is 5.69 Å². The van der Waals surface area contributed by atoms with Crippen molar-refractivity contribution >= 4 is 11.7 Å². The van der Waals surface area contributed by atoms with Gasteiger partial charge in [0.2, 0.25) is 0 Å². The Kier molecular flexibility index (Phi) is 2.96. The number of methoxy groups -OCH3 is 1. The highest BCUT2D eigenvalue weighted by Gasteiger charge is 2.30. The minimum Gasteiger partial charge on any atom is -0.465 e. The van der Waals surface area contributed by atoms with Gasteiger partial charge in [0.15, 0.2) is 0 Å². The van der Waals surface area contributed by atoms with Gasteiger partial charge < -0.3 is 9.75 Å². The number of hydrogen-bond donors (Lipinski definition) is 1. The first-order chi connectivity index (χ1) is 8.81. The molecule has 1 N–H and O–H groups in total. The number of esters is 1. The number of hydrazine groups is 1. The number of fused-ring (bicyclic) bond motifs is 1. The molecule has 3 rings (SSSR count). The average molecular weight is 246 g/mol. The Labute approximate surface area is 107 Å². The van der Waals surface area contributed by atoms with Gasteiger partial charge in [-0.25, -0.2) is 10.2 Å². The molecular weight excluding hydrogens is 228 g/mol. The molecule has 1 aliphatic carbocycles. The smallest absolute Gasteiger partial charge is 0.338 e. The maximum absolute atomic E-state index is 11.7. The molecule has 1 fully saturated rings. The molecule has 0 unspecified atom stereocenters. The minimum absolute atomic E-state index is 0.248. The second-order valence-electron chi connectivity index (χ2n) is 4.94. The van der Waals surface area contributed by atoms with Crippen molar-refractivity contribution in [2.45, 2.75) is 38.3 Å². The number of nitrogens with one attached hydrogen (secondary N) is 1. The molecule has 1 heterocycles. The van der Waals surface area contributed by atoms with Crippen LogP contribution in [0, 0.1) is 0 Å². The molecule has 2 aliphatic rings. The zero-order valence-electron chi connectivity index (χ0n) is 10.6. The summed E-state index contributed by atoms with van der Waals surface area (Å²) in [7, 11) is 1.43. The minimum atomic E-state index is -0.248. The maximum Gasteiger partial charge on any atom is 0.338 e. The zero-order valence-corrected chi connectivity index (χ0v) is 10.6. The van der Waals surface area contributed by atoms with Crippen LogP contribution in [0.25, 0.3) is 0 Å². The molecule has 1 aromatic rings. The van der Waals surface area contributed by atoms with Crippen molar-refractivity contribution in [3.63, 3.8) is 0 Å². The standard InChI is InChI=1S/C14H18N2O2/c1-18-14(17)11-7-4-8-13-12(11)9-15-16(13)10-5-2-3-6-10/h4,7-8,10,15H,2-3,5-6,9H2,1H3. The summed E-state index contributed by atoms with van der Waals surface area (Å²) < 4.78 is 4.84. The van der Waals surface area contributed by atoms with E-state index in [1.807, 2.05) is 12.1 Å². The molecule has 0 amide bonds. The number of nitrogens with zero attached hydrogens (tertiary/aromatic N) is 1. The van der Waals surface area contributed by atoms with Crippen molar-refractivity contribution in [2.75, 3.05) is 12.1 Å². The van der Waals surface area contributed by atoms with Crippen molar-refractivity contribution in [3.8, 4) is 0 Å². The van der Waals surface area contributed by atoms with E-state index in [9.17, 15) is 4.79 Å². The van der Waals surface area contributed by atoms with Gasteiger partial charge in [-0.3, -0.25) is 0 Å². The van der Waals surface area contributed by atoms with Crippen LogP contribution < -0.4 is 10.4 Å². The van der Waals surface area contributed by atoms with E-state index in [1.54, 1.807) is 0 Å². The second-order valence-corrected chi connectivity index (χ2v) is 4.94. The number of benzene rings is 1. The van der Waals surface area contributed by atoms with Crippen molar-refractivity contribution in [3.05, 3.63) is 29.3 Å². The van der Waals surface area contributed by atoms with Crippen LogP contribution in [0.5, 0.6) is 0 Å². The average Bonchev–Trinajstić information content (AvgIpc) is 3.05. The van der Waals surface area contributed by atoms with Gasteiger partial charge in [0.25, 0.3) is 0 Å². The summed E-state index contributed by atoms with van der Waals surface area (Å²) in [5, 5.41) is 2.24. The first kappa shape index (κ1) is 11.5. The largest absolute Gasteiger partial charge is 0.465 e. The molecule has 18 heavy (non-hydrogen) atoms. The number of carbonyl (C=O) groups is 1. The van der Waals surface area contributed by atoms with Gasteiger partial charge in [-0.15, -0.1) is 0 Å². The topological polar surface area (TPSA) is 41.6 Å². The van der Waals surface area contributed by atoms with Crippen molar-refractivity contribution < 1.29 is 9.53 Å². The monoisotopic (exact) mass is 246 g/mol. The lowest BCUT2D eigenvalue weighted by Gasteiger charge is -2.26. The summed E-state index contributed by atoms with van der Waals surface area (Å²) in [5.41, 5.74) is 6.30. The third-order valence-corrected chi connectivity index (χ3v) is 3.93. The fourth-order valence-corrected chi connectivity index (χ4v) is 3.02. The molecule has 1 saturated carbocycles. The molecule has 0 aromatic heterocycles. The summed E-state index contributed by atoms with van der Waals surface area (Å²) in [6.07, 6.45) is 5.06. The molecule has 1 aromatic carbocycles. The van der Waals surface area contributed by atoms with Crippen molar-refractivity contribution in [1.82, 2.24) is 5.43 Å². The van der Waals surface area contributed by atoms with Gasteiger partial charge in [0.1, 0.15) is 0 Å². The van der Waals surface area contributed by atoms with Gasteiger partial charge in [-0.2, -0.15) is 0 Å². The summed E-state index contributed by atoms with van der Waals surface area (Å²) in [4.78, 5) is 11.7. The molecule has 4 heteroatoms. The van der Waals surface area contributed by atoms with Crippen LogP contribution >= 0.6 is 0 Å². The molecule has 4 nitrogen and oxygen atoms in total.